The molecule has 2 aromatic rings. The summed E-state index contributed by atoms with van der Waals surface area (Å²) in [5.41, 5.74) is 6.69. The molecule has 0 radical (unpaired) electrons. The molecule has 0 aliphatic heterocycles. The molecule has 100 valence electrons. The van der Waals surface area contributed by atoms with Gasteiger partial charge >= 0.3 is 0 Å². The van der Waals surface area contributed by atoms with E-state index in [2.05, 4.69) is 15.3 Å². The second kappa shape index (κ2) is 6.15. The lowest BCUT2D eigenvalue weighted by molar-refractivity contribution is 0.183. The largest absolute Gasteiger partial charge is 0.391 e. The molecule has 0 saturated carbocycles. The second-order valence-corrected chi connectivity index (χ2v) is 4.31. The van der Waals surface area contributed by atoms with E-state index < -0.39 is 6.10 Å². The van der Waals surface area contributed by atoms with Gasteiger partial charge in [-0.15, -0.1) is 0 Å². The van der Waals surface area contributed by atoms with Gasteiger partial charge in [0.05, 0.1) is 6.10 Å². The fourth-order valence-electron chi connectivity index (χ4n) is 1.64. The maximum atomic E-state index is 9.54. The highest BCUT2D eigenvalue weighted by Gasteiger charge is 2.06. The van der Waals surface area contributed by atoms with Crippen molar-refractivity contribution in [1.29, 1.82) is 0 Å². The van der Waals surface area contributed by atoms with Gasteiger partial charge in [0.25, 0.3) is 0 Å². The van der Waals surface area contributed by atoms with E-state index in [1.54, 1.807) is 6.07 Å². The maximum absolute atomic E-state index is 9.54. The monoisotopic (exact) mass is 258 g/mol. The Labute approximate surface area is 112 Å². The van der Waals surface area contributed by atoms with E-state index in [0.29, 0.717) is 30.4 Å². The molecule has 1 heterocycles. The van der Waals surface area contributed by atoms with Gasteiger partial charge < -0.3 is 16.2 Å². The minimum Gasteiger partial charge on any atom is -0.391 e. The maximum Gasteiger partial charge on any atom is 0.163 e. The molecule has 1 aromatic carbocycles. The Morgan fingerprint density at radius 1 is 1.26 bits per heavy atom. The molecule has 5 nitrogen and oxygen atoms in total. The van der Waals surface area contributed by atoms with Crippen molar-refractivity contribution >= 4 is 11.6 Å². The third-order valence-corrected chi connectivity index (χ3v) is 2.77. The lowest BCUT2D eigenvalue weighted by Gasteiger charge is -2.11. The molecular weight excluding hydrogens is 240 g/mol. The average molecular weight is 258 g/mol. The van der Waals surface area contributed by atoms with Crippen molar-refractivity contribution in [1.82, 2.24) is 9.97 Å². The van der Waals surface area contributed by atoms with E-state index in [4.69, 9.17) is 5.73 Å². The van der Waals surface area contributed by atoms with Crippen LogP contribution < -0.4 is 11.1 Å². The first-order valence-corrected chi connectivity index (χ1v) is 6.31. The summed E-state index contributed by atoms with van der Waals surface area (Å²) in [5, 5.41) is 12.6. The predicted molar refractivity (Wildman–Crippen MR) is 76.7 cm³/mol. The van der Waals surface area contributed by atoms with E-state index >= 15 is 0 Å². The van der Waals surface area contributed by atoms with Gasteiger partial charge in [-0.2, -0.15) is 0 Å². The zero-order valence-corrected chi connectivity index (χ0v) is 10.9. The van der Waals surface area contributed by atoms with Crippen molar-refractivity contribution in [3.05, 3.63) is 36.4 Å². The molecule has 0 fully saturated rings. The minimum absolute atomic E-state index is 0.392. The molecule has 0 saturated heterocycles. The molecular formula is C14H18N4O. The second-order valence-electron chi connectivity index (χ2n) is 4.31. The highest BCUT2D eigenvalue weighted by Crippen LogP contribution is 2.18. The molecule has 2 rings (SSSR count). The summed E-state index contributed by atoms with van der Waals surface area (Å²) in [4.78, 5) is 8.61. The summed E-state index contributed by atoms with van der Waals surface area (Å²) in [5.74, 6) is 1.61. The van der Waals surface area contributed by atoms with Gasteiger partial charge in [0.15, 0.2) is 5.82 Å². The van der Waals surface area contributed by atoms with Gasteiger partial charge in [0.1, 0.15) is 11.6 Å². The smallest absolute Gasteiger partial charge is 0.163 e. The lowest BCUT2D eigenvalue weighted by atomic mass is 10.2. The molecule has 1 atom stereocenters. The molecule has 0 bridgehead atoms. The number of nitrogen functional groups attached to an aromatic ring is 1. The van der Waals surface area contributed by atoms with Gasteiger partial charge in [0, 0.05) is 18.2 Å². The van der Waals surface area contributed by atoms with Crippen molar-refractivity contribution in [3.8, 4) is 11.4 Å². The van der Waals surface area contributed by atoms with Gasteiger partial charge in [-0.3, -0.25) is 0 Å². The fourth-order valence-corrected chi connectivity index (χ4v) is 1.64. The summed E-state index contributed by atoms with van der Waals surface area (Å²) in [6.45, 7) is 2.37. The van der Waals surface area contributed by atoms with Gasteiger partial charge in [0.2, 0.25) is 0 Å². The molecule has 0 spiro atoms. The molecule has 1 unspecified atom stereocenters. The first kappa shape index (κ1) is 13.3. The van der Waals surface area contributed by atoms with Gasteiger partial charge in [-0.25, -0.2) is 9.97 Å². The van der Waals surface area contributed by atoms with Crippen molar-refractivity contribution in [2.45, 2.75) is 19.4 Å². The molecule has 5 heteroatoms. The van der Waals surface area contributed by atoms with E-state index in [1.807, 2.05) is 37.3 Å². The number of anilines is 2. The van der Waals surface area contributed by atoms with Crippen molar-refractivity contribution in [2.24, 2.45) is 0 Å². The predicted octanol–water partition coefficient (Wildman–Crippen LogP) is 1.91. The van der Waals surface area contributed by atoms with Crippen LogP contribution in [0.5, 0.6) is 0 Å². The van der Waals surface area contributed by atoms with Gasteiger partial charge in [-0.1, -0.05) is 37.3 Å². The Bertz CT molecular complexity index is 530. The first-order valence-electron chi connectivity index (χ1n) is 6.31. The number of nitrogens with two attached hydrogens (primary N) is 1. The van der Waals surface area contributed by atoms with Crippen LogP contribution in [0.1, 0.15) is 13.3 Å². The van der Waals surface area contributed by atoms with E-state index in [0.717, 1.165) is 5.56 Å². The van der Waals surface area contributed by atoms with Crippen LogP contribution in [0, 0.1) is 0 Å². The van der Waals surface area contributed by atoms with Crippen LogP contribution in [0.25, 0.3) is 11.4 Å². The normalized spacial score (nSPS) is 12.1. The Morgan fingerprint density at radius 2 is 2.00 bits per heavy atom. The van der Waals surface area contributed by atoms with E-state index in [-0.39, 0.29) is 0 Å². The summed E-state index contributed by atoms with van der Waals surface area (Å²) >= 11 is 0. The number of rotatable bonds is 5. The number of aliphatic hydroxyl groups excluding tert-OH is 1. The topological polar surface area (TPSA) is 84.1 Å². The molecule has 0 amide bonds. The Balaban J connectivity index is 2.20. The molecule has 19 heavy (non-hydrogen) atoms. The third kappa shape index (κ3) is 3.66. The molecule has 0 aliphatic carbocycles. The number of benzene rings is 1. The van der Waals surface area contributed by atoms with Crippen LogP contribution in [0.3, 0.4) is 0 Å². The minimum atomic E-state index is -0.392. The number of nitrogens with zero attached hydrogens (tertiary/aromatic N) is 2. The quantitative estimate of drug-likeness (QED) is 0.763. The number of nitrogens with one attached hydrogen (secondary N) is 1. The van der Waals surface area contributed by atoms with Crippen LogP contribution in [0.2, 0.25) is 0 Å². The van der Waals surface area contributed by atoms with Crippen LogP contribution in [-0.2, 0) is 0 Å². The number of aliphatic hydroxyl groups is 1. The van der Waals surface area contributed by atoms with Crippen molar-refractivity contribution < 1.29 is 5.11 Å². The lowest BCUT2D eigenvalue weighted by Crippen LogP contribution is -2.19. The summed E-state index contributed by atoms with van der Waals surface area (Å²) in [6, 6.07) is 11.3. The standard InChI is InChI=1S/C14H18N4O/c1-2-11(19)9-16-13-8-12(15)17-14(18-13)10-6-4-3-5-7-10/h3-8,11,19H,2,9H2,1H3,(H3,15,16,17,18). The van der Waals surface area contributed by atoms with Gasteiger partial charge in [-0.05, 0) is 6.42 Å². The Morgan fingerprint density at radius 3 is 2.68 bits per heavy atom. The Kier molecular flexibility index (Phi) is 4.30. The molecule has 4 N–H and O–H groups in total. The van der Waals surface area contributed by atoms with E-state index in [9.17, 15) is 5.11 Å². The zero-order valence-electron chi connectivity index (χ0n) is 10.9. The fraction of sp³-hybridized carbons (Fsp3) is 0.286. The van der Waals surface area contributed by atoms with Crippen molar-refractivity contribution in [3.63, 3.8) is 0 Å². The van der Waals surface area contributed by atoms with Crippen molar-refractivity contribution in [2.75, 3.05) is 17.6 Å². The number of hydrogen-bond acceptors (Lipinski definition) is 5. The van der Waals surface area contributed by atoms with Crippen LogP contribution in [0.4, 0.5) is 11.6 Å². The van der Waals surface area contributed by atoms with E-state index in [1.165, 1.54) is 0 Å². The highest BCUT2D eigenvalue weighted by atomic mass is 16.3. The molecule has 1 aromatic heterocycles. The summed E-state index contributed by atoms with van der Waals surface area (Å²) in [6.07, 6.45) is 0.301. The first-order chi connectivity index (χ1) is 9.19. The number of aromatic nitrogens is 2. The Hall–Kier alpha value is -2.14. The zero-order chi connectivity index (χ0) is 13.7. The number of hydrogen-bond donors (Lipinski definition) is 3. The third-order valence-electron chi connectivity index (χ3n) is 2.77. The molecule has 0 aliphatic rings. The summed E-state index contributed by atoms with van der Waals surface area (Å²) in [7, 11) is 0. The highest BCUT2D eigenvalue weighted by molar-refractivity contribution is 5.60. The average Bonchev–Trinajstić information content (AvgIpc) is 2.45. The van der Waals surface area contributed by atoms with Crippen LogP contribution in [0.15, 0.2) is 36.4 Å². The SMILES string of the molecule is CCC(O)CNc1cc(N)nc(-c2ccccc2)n1. The van der Waals surface area contributed by atoms with Crippen LogP contribution in [-0.4, -0.2) is 27.7 Å². The van der Waals surface area contributed by atoms with Crippen LogP contribution >= 0.6 is 0 Å². The summed E-state index contributed by atoms with van der Waals surface area (Å²) < 4.78 is 0.